The van der Waals surface area contributed by atoms with Gasteiger partial charge in [-0.25, -0.2) is 8.42 Å². The topological polar surface area (TPSA) is 105 Å². The summed E-state index contributed by atoms with van der Waals surface area (Å²) in [6.45, 7) is 6.04. The van der Waals surface area contributed by atoms with E-state index in [-0.39, 0.29) is 30.6 Å². The van der Waals surface area contributed by atoms with Crippen LogP contribution in [0.25, 0.3) is 0 Å². The monoisotopic (exact) mass is 579 g/mol. The molecule has 1 atom stereocenters. The maximum atomic E-state index is 14.2. The zero-order chi connectivity index (χ0) is 29.6. The van der Waals surface area contributed by atoms with Crippen molar-refractivity contribution in [1.82, 2.24) is 10.2 Å². The zero-order valence-corrected chi connectivity index (χ0v) is 24.7. The van der Waals surface area contributed by atoms with E-state index in [0.717, 1.165) is 27.3 Å². The van der Waals surface area contributed by atoms with E-state index in [1.165, 1.54) is 4.90 Å². The largest absolute Gasteiger partial charge is 0.486 e. The SMILES string of the molecule is Cc1cccc(CN(C(=O)CN(c2ccc3c(c2)OCCO3)S(C)(=O)=O)C(Cc2ccccc2)C(=O)NC(C)C)c1. The van der Waals surface area contributed by atoms with Gasteiger partial charge in [0, 0.05) is 25.1 Å². The number of carbonyl (C=O) groups is 2. The number of aryl methyl sites for hydroxylation is 1. The van der Waals surface area contributed by atoms with Crippen LogP contribution in [-0.2, 0) is 32.6 Å². The van der Waals surface area contributed by atoms with E-state index in [9.17, 15) is 18.0 Å². The van der Waals surface area contributed by atoms with Crippen molar-refractivity contribution in [1.29, 1.82) is 0 Å². The van der Waals surface area contributed by atoms with Crippen LogP contribution in [0, 0.1) is 6.92 Å². The van der Waals surface area contributed by atoms with E-state index in [1.54, 1.807) is 18.2 Å². The van der Waals surface area contributed by atoms with Crippen molar-refractivity contribution in [3.05, 3.63) is 89.5 Å². The number of nitrogens with zero attached hydrogens (tertiary/aromatic N) is 2. The van der Waals surface area contributed by atoms with Gasteiger partial charge in [-0.05, 0) is 44.0 Å². The van der Waals surface area contributed by atoms with Gasteiger partial charge in [0.05, 0.1) is 11.9 Å². The molecule has 1 aliphatic heterocycles. The average Bonchev–Trinajstić information content (AvgIpc) is 2.93. The molecule has 1 aliphatic rings. The summed E-state index contributed by atoms with van der Waals surface area (Å²) in [6, 6.07) is 20.9. The highest BCUT2D eigenvalue weighted by molar-refractivity contribution is 7.92. The summed E-state index contributed by atoms with van der Waals surface area (Å²) in [5.74, 6) is 0.0978. The van der Waals surface area contributed by atoms with Gasteiger partial charge in [0.15, 0.2) is 11.5 Å². The summed E-state index contributed by atoms with van der Waals surface area (Å²) in [5, 5.41) is 2.95. The maximum absolute atomic E-state index is 14.2. The fourth-order valence-electron chi connectivity index (χ4n) is 4.74. The molecule has 3 aromatic carbocycles. The number of amides is 2. The van der Waals surface area contributed by atoms with Gasteiger partial charge in [0.25, 0.3) is 0 Å². The van der Waals surface area contributed by atoms with Crippen LogP contribution in [0.3, 0.4) is 0 Å². The highest BCUT2D eigenvalue weighted by Gasteiger charge is 2.33. The summed E-state index contributed by atoms with van der Waals surface area (Å²) in [5.41, 5.74) is 2.99. The minimum atomic E-state index is -3.89. The Bertz CT molecular complexity index is 1480. The van der Waals surface area contributed by atoms with Crippen molar-refractivity contribution >= 4 is 27.5 Å². The maximum Gasteiger partial charge on any atom is 0.244 e. The first-order chi connectivity index (χ1) is 19.5. The molecule has 0 fully saturated rings. The minimum absolute atomic E-state index is 0.127. The Balaban J connectivity index is 1.73. The molecule has 0 aromatic heterocycles. The quantitative estimate of drug-likeness (QED) is 0.372. The number of benzene rings is 3. The molecule has 218 valence electrons. The lowest BCUT2D eigenvalue weighted by atomic mass is 10.0. The predicted molar refractivity (Wildman–Crippen MR) is 159 cm³/mol. The molecule has 4 rings (SSSR count). The number of hydrogen-bond acceptors (Lipinski definition) is 6. The second-order valence-electron chi connectivity index (χ2n) is 10.5. The molecular formula is C31H37N3O6S. The molecule has 41 heavy (non-hydrogen) atoms. The Kier molecular flexibility index (Phi) is 9.54. The first-order valence-corrected chi connectivity index (χ1v) is 15.4. The van der Waals surface area contributed by atoms with Crippen LogP contribution in [0.4, 0.5) is 5.69 Å². The van der Waals surface area contributed by atoms with Crippen LogP contribution in [-0.4, -0.2) is 63.2 Å². The van der Waals surface area contributed by atoms with Gasteiger partial charge in [-0.15, -0.1) is 0 Å². The van der Waals surface area contributed by atoms with E-state index >= 15 is 0 Å². The lowest BCUT2D eigenvalue weighted by Gasteiger charge is -2.34. The van der Waals surface area contributed by atoms with Crippen molar-refractivity contribution in [3.8, 4) is 11.5 Å². The Morgan fingerprint density at radius 2 is 1.59 bits per heavy atom. The van der Waals surface area contributed by atoms with Crippen LogP contribution in [0.15, 0.2) is 72.8 Å². The van der Waals surface area contributed by atoms with Crippen LogP contribution in [0.1, 0.15) is 30.5 Å². The smallest absolute Gasteiger partial charge is 0.244 e. The van der Waals surface area contributed by atoms with E-state index in [0.29, 0.717) is 24.7 Å². The highest BCUT2D eigenvalue weighted by Crippen LogP contribution is 2.34. The number of carbonyl (C=O) groups excluding carboxylic acids is 2. The van der Waals surface area contributed by atoms with E-state index in [1.807, 2.05) is 75.4 Å². The van der Waals surface area contributed by atoms with Crippen LogP contribution >= 0.6 is 0 Å². The van der Waals surface area contributed by atoms with E-state index in [2.05, 4.69) is 5.32 Å². The Morgan fingerprint density at radius 1 is 0.902 bits per heavy atom. The predicted octanol–water partition coefficient (Wildman–Crippen LogP) is 3.70. The number of ether oxygens (including phenoxy) is 2. The van der Waals surface area contributed by atoms with Crippen molar-refractivity contribution < 1.29 is 27.5 Å². The third-order valence-electron chi connectivity index (χ3n) is 6.63. The third-order valence-corrected chi connectivity index (χ3v) is 7.77. The lowest BCUT2D eigenvalue weighted by Crippen LogP contribution is -2.54. The van der Waals surface area contributed by atoms with Crippen LogP contribution < -0.4 is 19.1 Å². The molecule has 1 N–H and O–H groups in total. The molecule has 2 amide bonds. The summed E-state index contributed by atoms with van der Waals surface area (Å²) >= 11 is 0. The summed E-state index contributed by atoms with van der Waals surface area (Å²) < 4.78 is 38.3. The number of nitrogens with one attached hydrogen (secondary N) is 1. The molecule has 0 saturated heterocycles. The van der Waals surface area contributed by atoms with Gasteiger partial charge in [-0.3, -0.25) is 13.9 Å². The zero-order valence-electron chi connectivity index (χ0n) is 23.9. The molecule has 9 nitrogen and oxygen atoms in total. The van der Waals surface area contributed by atoms with Crippen molar-refractivity contribution in [2.45, 2.75) is 45.8 Å². The van der Waals surface area contributed by atoms with Gasteiger partial charge in [0.2, 0.25) is 21.8 Å². The molecule has 1 unspecified atom stereocenters. The lowest BCUT2D eigenvalue weighted by molar-refractivity contribution is -0.140. The summed E-state index contributed by atoms with van der Waals surface area (Å²) in [7, 11) is -3.89. The van der Waals surface area contributed by atoms with Crippen LogP contribution in [0.5, 0.6) is 11.5 Å². The van der Waals surface area contributed by atoms with Crippen molar-refractivity contribution in [2.24, 2.45) is 0 Å². The van der Waals surface area contributed by atoms with Crippen LogP contribution in [0.2, 0.25) is 0 Å². The average molecular weight is 580 g/mol. The van der Waals surface area contributed by atoms with Gasteiger partial charge in [0.1, 0.15) is 25.8 Å². The number of anilines is 1. The van der Waals surface area contributed by atoms with Gasteiger partial charge >= 0.3 is 0 Å². The van der Waals surface area contributed by atoms with Crippen molar-refractivity contribution in [3.63, 3.8) is 0 Å². The van der Waals surface area contributed by atoms with E-state index < -0.39 is 28.5 Å². The summed E-state index contributed by atoms with van der Waals surface area (Å²) in [4.78, 5) is 29.2. The number of sulfonamides is 1. The van der Waals surface area contributed by atoms with Gasteiger partial charge in [-0.1, -0.05) is 60.2 Å². The molecular weight excluding hydrogens is 542 g/mol. The number of hydrogen-bond donors (Lipinski definition) is 1. The second kappa shape index (κ2) is 13.1. The highest BCUT2D eigenvalue weighted by atomic mass is 32.2. The Hall–Kier alpha value is -4.05. The molecule has 0 radical (unpaired) electrons. The number of rotatable bonds is 11. The van der Waals surface area contributed by atoms with Gasteiger partial charge in [-0.2, -0.15) is 0 Å². The molecule has 1 heterocycles. The van der Waals surface area contributed by atoms with E-state index in [4.69, 9.17) is 9.47 Å². The summed E-state index contributed by atoms with van der Waals surface area (Å²) in [6.07, 6.45) is 1.31. The normalized spacial score (nSPS) is 13.4. The third kappa shape index (κ3) is 8.00. The molecule has 0 saturated carbocycles. The fourth-order valence-corrected chi connectivity index (χ4v) is 5.58. The standard InChI is InChI=1S/C31H37N3O6S/c1-22(2)32-31(36)27(18-24-10-6-5-7-11-24)33(20-25-12-8-9-23(3)17-25)30(35)21-34(41(4,37)38)26-13-14-28-29(19-26)40-16-15-39-28/h5-14,17,19,22,27H,15-16,18,20-21H2,1-4H3,(H,32,36). The van der Waals surface area contributed by atoms with Gasteiger partial charge < -0.3 is 19.7 Å². The Labute approximate surface area is 242 Å². The molecule has 0 aliphatic carbocycles. The molecule has 0 bridgehead atoms. The first kappa shape index (κ1) is 29.9. The first-order valence-electron chi connectivity index (χ1n) is 13.6. The second-order valence-corrected chi connectivity index (χ2v) is 12.4. The molecule has 3 aromatic rings. The molecule has 10 heteroatoms. The molecule has 0 spiro atoms. The number of fused-ring (bicyclic) bond motifs is 1. The fraction of sp³-hybridized carbons (Fsp3) is 0.355. The Morgan fingerprint density at radius 3 is 2.24 bits per heavy atom. The van der Waals surface area contributed by atoms with Crippen molar-refractivity contribution in [2.75, 3.05) is 30.3 Å². The minimum Gasteiger partial charge on any atom is -0.486 e.